The zero-order valence-electron chi connectivity index (χ0n) is 21.7. The van der Waals surface area contributed by atoms with Crippen molar-refractivity contribution >= 4 is 5.91 Å². The van der Waals surface area contributed by atoms with Crippen LogP contribution in [0.5, 0.6) is 23.0 Å². The molecule has 190 valence electrons. The fourth-order valence-corrected chi connectivity index (χ4v) is 4.58. The van der Waals surface area contributed by atoms with Crippen LogP contribution in [0.4, 0.5) is 0 Å². The van der Waals surface area contributed by atoms with Crippen LogP contribution >= 0.6 is 0 Å². The topological polar surface area (TPSA) is 57.2 Å². The van der Waals surface area contributed by atoms with E-state index >= 15 is 0 Å². The van der Waals surface area contributed by atoms with Gasteiger partial charge in [-0.3, -0.25) is 4.79 Å². The fraction of sp³-hybridized carbons (Fsp3) is 0.367. The highest BCUT2D eigenvalue weighted by molar-refractivity contribution is 5.82. The molecule has 3 aromatic rings. The number of nitrogens with zero attached hydrogens (tertiary/aromatic N) is 1. The molecular weight excluding hydrogens is 454 g/mol. The van der Waals surface area contributed by atoms with Crippen LogP contribution in [-0.4, -0.2) is 44.3 Å². The number of amides is 1. The minimum atomic E-state index is -0.637. The maximum atomic E-state index is 13.6. The van der Waals surface area contributed by atoms with Crippen LogP contribution in [0.25, 0.3) is 0 Å². The molecule has 0 saturated carbocycles. The first-order valence-corrected chi connectivity index (χ1v) is 12.4. The van der Waals surface area contributed by atoms with E-state index in [1.165, 1.54) is 5.56 Å². The largest absolute Gasteiger partial charge is 0.493 e. The van der Waals surface area contributed by atoms with E-state index in [9.17, 15) is 4.79 Å². The van der Waals surface area contributed by atoms with E-state index in [4.69, 9.17) is 18.9 Å². The van der Waals surface area contributed by atoms with Crippen LogP contribution in [0.1, 0.15) is 49.4 Å². The van der Waals surface area contributed by atoms with E-state index in [1.54, 1.807) is 21.1 Å². The van der Waals surface area contributed by atoms with Gasteiger partial charge in [0.1, 0.15) is 18.1 Å². The second-order valence-corrected chi connectivity index (χ2v) is 9.31. The van der Waals surface area contributed by atoms with Crippen molar-refractivity contribution in [3.05, 3.63) is 83.4 Å². The van der Waals surface area contributed by atoms with Crippen molar-refractivity contribution in [2.45, 2.75) is 45.3 Å². The third kappa shape index (κ3) is 5.59. The number of ether oxygens (including phenoxy) is 4. The molecular formula is C30H35NO5. The lowest BCUT2D eigenvalue weighted by Gasteiger charge is -2.38. The van der Waals surface area contributed by atoms with Gasteiger partial charge < -0.3 is 23.8 Å². The molecule has 0 unspecified atom stereocenters. The molecule has 0 N–H and O–H groups in total. The Morgan fingerprint density at radius 3 is 2.22 bits per heavy atom. The Kier molecular flexibility index (Phi) is 8.04. The number of hydrogen-bond acceptors (Lipinski definition) is 5. The number of carbonyl (C=O) groups is 1. The predicted octanol–water partition coefficient (Wildman–Crippen LogP) is 5.80. The van der Waals surface area contributed by atoms with Crippen LogP contribution in [0.3, 0.4) is 0 Å². The van der Waals surface area contributed by atoms with E-state index in [2.05, 4.69) is 26.0 Å². The number of carbonyl (C=O) groups excluding carboxylic acids is 1. The van der Waals surface area contributed by atoms with Gasteiger partial charge in [-0.25, -0.2) is 0 Å². The number of benzene rings is 3. The monoisotopic (exact) mass is 489 g/mol. The average molecular weight is 490 g/mol. The molecule has 36 heavy (non-hydrogen) atoms. The Labute approximate surface area is 213 Å². The van der Waals surface area contributed by atoms with Gasteiger partial charge in [-0.1, -0.05) is 44.2 Å². The molecule has 6 heteroatoms. The minimum absolute atomic E-state index is 0.0805. The van der Waals surface area contributed by atoms with Gasteiger partial charge in [0.25, 0.3) is 5.91 Å². The second kappa shape index (κ2) is 11.4. The molecule has 0 fully saturated rings. The predicted molar refractivity (Wildman–Crippen MR) is 140 cm³/mol. The summed E-state index contributed by atoms with van der Waals surface area (Å²) in [5, 5.41) is 0. The van der Waals surface area contributed by atoms with E-state index in [0.29, 0.717) is 42.7 Å². The van der Waals surface area contributed by atoms with E-state index in [0.717, 1.165) is 16.9 Å². The standard InChI is InChI=1S/C30H35NO5/c1-20(2)22-11-13-24(14-12-22)35-19-27-26-18-29(34-5)28(33-4)17-23(26)15-16-31(27)30(32)21(3)36-25-9-7-6-8-10-25/h6-14,17-18,20-21,27H,15-16,19H2,1-5H3/t21-,27-/m0/s1. The van der Waals surface area contributed by atoms with Gasteiger partial charge in [0, 0.05) is 6.54 Å². The molecule has 0 aliphatic carbocycles. The molecule has 0 radical (unpaired) electrons. The summed E-state index contributed by atoms with van der Waals surface area (Å²) in [4.78, 5) is 15.5. The lowest BCUT2D eigenvalue weighted by Crippen LogP contribution is -2.47. The molecule has 1 amide bonds. The Hall–Kier alpha value is -3.67. The van der Waals surface area contributed by atoms with Gasteiger partial charge in [-0.2, -0.15) is 0 Å². The molecule has 1 aliphatic rings. The Balaban J connectivity index is 1.61. The van der Waals surface area contributed by atoms with Crippen molar-refractivity contribution in [1.29, 1.82) is 0 Å². The molecule has 1 aliphatic heterocycles. The maximum Gasteiger partial charge on any atom is 0.263 e. The first-order chi connectivity index (χ1) is 17.4. The Morgan fingerprint density at radius 2 is 1.58 bits per heavy atom. The summed E-state index contributed by atoms with van der Waals surface area (Å²) in [6, 6.07) is 21.2. The van der Waals surface area contributed by atoms with Gasteiger partial charge in [0.15, 0.2) is 17.6 Å². The van der Waals surface area contributed by atoms with E-state index in [1.807, 2.05) is 59.5 Å². The quantitative estimate of drug-likeness (QED) is 0.380. The van der Waals surface area contributed by atoms with Gasteiger partial charge in [0.05, 0.1) is 20.3 Å². The minimum Gasteiger partial charge on any atom is -0.493 e. The van der Waals surface area contributed by atoms with Gasteiger partial charge in [-0.15, -0.1) is 0 Å². The fourth-order valence-electron chi connectivity index (χ4n) is 4.58. The molecule has 4 rings (SSSR count). The van der Waals surface area contributed by atoms with Crippen molar-refractivity contribution in [2.24, 2.45) is 0 Å². The molecule has 0 saturated heterocycles. The average Bonchev–Trinajstić information content (AvgIpc) is 2.91. The number of para-hydroxylation sites is 1. The van der Waals surface area contributed by atoms with E-state index < -0.39 is 6.10 Å². The molecule has 1 heterocycles. The zero-order valence-corrected chi connectivity index (χ0v) is 21.7. The second-order valence-electron chi connectivity index (χ2n) is 9.31. The number of fused-ring (bicyclic) bond motifs is 1. The van der Waals surface area contributed by atoms with Crippen LogP contribution in [0.2, 0.25) is 0 Å². The molecule has 0 spiro atoms. The zero-order chi connectivity index (χ0) is 25.7. The number of rotatable bonds is 9. The molecule has 3 aromatic carbocycles. The third-order valence-electron chi connectivity index (χ3n) is 6.64. The highest BCUT2D eigenvalue weighted by Gasteiger charge is 2.35. The summed E-state index contributed by atoms with van der Waals surface area (Å²) in [5.41, 5.74) is 3.38. The SMILES string of the molecule is COc1cc2c(cc1OC)[C@H](COc1ccc(C(C)C)cc1)N(C(=O)[C@H](C)Oc1ccccc1)CC2. The van der Waals surface area contributed by atoms with E-state index in [-0.39, 0.29) is 11.9 Å². The highest BCUT2D eigenvalue weighted by Crippen LogP contribution is 2.39. The number of hydrogen-bond donors (Lipinski definition) is 0. The lowest BCUT2D eigenvalue weighted by atomic mass is 9.91. The smallest absolute Gasteiger partial charge is 0.263 e. The van der Waals surface area contributed by atoms with Gasteiger partial charge in [0.2, 0.25) is 0 Å². The summed E-state index contributed by atoms with van der Waals surface area (Å²) in [6.45, 7) is 7.00. The van der Waals surface area contributed by atoms with Gasteiger partial charge in [-0.05, 0) is 72.4 Å². The van der Waals surface area contributed by atoms with Crippen LogP contribution in [0, 0.1) is 0 Å². The summed E-state index contributed by atoms with van der Waals surface area (Å²) in [5.74, 6) is 3.12. The lowest BCUT2D eigenvalue weighted by molar-refractivity contribution is -0.141. The molecule has 2 atom stereocenters. The third-order valence-corrected chi connectivity index (χ3v) is 6.64. The Morgan fingerprint density at radius 1 is 0.917 bits per heavy atom. The van der Waals surface area contributed by atoms with Crippen molar-refractivity contribution in [3.8, 4) is 23.0 Å². The summed E-state index contributed by atoms with van der Waals surface area (Å²) < 4.78 is 23.3. The maximum absolute atomic E-state index is 13.6. The van der Waals surface area contributed by atoms with Gasteiger partial charge >= 0.3 is 0 Å². The summed E-state index contributed by atoms with van der Waals surface area (Å²) in [7, 11) is 3.25. The van der Waals surface area contributed by atoms with Crippen molar-refractivity contribution < 1.29 is 23.7 Å². The highest BCUT2D eigenvalue weighted by atomic mass is 16.5. The molecule has 0 aromatic heterocycles. The first kappa shape index (κ1) is 25.4. The van der Waals surface area contributed by atoms with Crippen LogP contribution in [0.15, 0.2) is 66.7 Å². The Bertz CT molecular complexity index is 1160. The molecule has 6 nitrogen and oxygen atoms in total. The normalized spacial score (nSPS) is 15.7. The van der Waals surface area contributed by atoms with Crippen LogP contribution < -0.4 is 18.9 Å². The molecule has 0 bridgehead atoms. The van der Waals surface area contributed by atoms with Crippen molar-refractivity contribution in [1.82, 2.24) is 4.90 Å². The van der Waals surface area contributed by atoms with Crippen molar-refractivity contribution in [2.75, 3.05) is 27.4 Å². The van der Waals surface area contributed by atoms with Crippen LogP contribution in [-0.2, 0) is 11.2 Å². The number of methoxy groups -OCH3 is 2. The van der Waals surface area contributed by atoms with Crippen molar-refractivity contribution in [3.63, 3.8) is 0 Å². The summed E-state index contributed by atoms with van der Waals surface area (Å²) in [6.07, 6.45) is 0.0703. The summed E-state index contributed by atoms with van der Waals surface area (Å²) >= 11 is 0. The first-order valence-electron chi connectivity index (χ1n) is 12.4.